The molecule has 22 heavy (non-hydrogen) atoms. The fourth-order valence-corrected chi connectivity index (χ4v) is 3.45. The standard InChI is InChI=1S/C15H22N2O5/c1-9-12(10(2)22-16-9)14(20)17-6-4-15(5-7-17)13(19)11(18)3-8-21-15/h11,13,18-19H,3-8H2,1-2H3/t11-,13-/m0/s1. The average Bonchev–Trinajstić information content (AvgIpc) is 2.84. The molecular formula is C15H22N2O5. The van der Waals surface area contributed by atoms with Crippen LogP contribution in [0.3, 0.4) is 0 Å². The van der Waals surface area contributed by atoms with Crippen molar-refractivity contribution in [3.63, 3.8) is 0 Å². The van der Waals surface area contributed by atoms with E-state index in [1.807, 2.05) is 0 Å². The Morgan fingerprint density at radius 3 is 2.59 bits per heavy atom. The minimum atomic E-state index is -0.891. The fraction of sp³-hybridized carbons (Fsp3) is 0.733. The first-order valence-corrected chi connectivity index (χ1v) is 7.67. The van der Waals surface area contributed by atoms with Crippen LogP contribution in [0.1, 0.15) is 41.1 Å². The van der Waals surface area contributed by atoms with E-state index in [9.17, 15) is 15.0 Å². The summed E-state index contributed by atoms with van der Waals surface area (Å²) in [6.07, 6.45) is -0.165. The minimum absolute atomic E-state index is 0.100. The molecule has 2 N–H and O–H groups in total. The number of likely N-dealkylation sites (tertiary alicyclic amines) is 1. The summed E-state index contributed by atoms with van der Waals surface area (Å²) in [4.78, 5) is 14.3. The van der Waals surface area contributed by atoms with Crippen molar-refractivity contribution in [1.29, 1.82) is 0 Å². The van der Waals surface area contributed by atoms with E-state index in [-0.39, 0.29) is 5.91 Å². The number of carbonyl (C=O) groups excluding carboxylic acids is 1. The van der Waals surface area contributed by atoms with Gasteiger partial charge >= 0.3 is 0 Å². The molecule has 122 valence electrons. The highest BCUT2D eigenvalue weighted by atomic mass is 16.5. The van der Waals surface area contributed by atoms with E-state index in [0.717, 1.165) is 0 Å². The van der Waals surface area contributed by atoms with Gasteiger partial charge in [0.1, 0.15) is 17.4 Å². The Kier molecular flexibility index (Phi) is 3.96. The lowest BCUT2D eigenvalue weighted by molar-refractivity contribution is -0.212. The van der Waals surface area contributed by atoms with E-state index < -0.39 is 17.8 Å². The number of aromatic nitrogens is 1. The van der Waals surface area contributed by atoms with Crippen molar-refractivity contribution in [1.82, 2.24) is 10.1 Å². The zero-order valence-electron chi connectivity index (χ0n) is 12.9. The van der Waals surface area contributed by atoms with Crippen LogP contribution in [-0.4, -0.2) is 63.7 Å². The molecule has 2 atom stereocenters. The number of amides is 1. The highest BCUT2D eigenvalue weighted by molar-refractivity contribution is 5.96. The molecule has 1 spiro atoms. The maximum Gasteiger partial charge on any atom is 0.259 e. The predicted octanol–water partition coefficient (Wildman–Crippen LogP) is 0.408. The molecule has 1 aromatic heterocycles. The van der Waals surface area contributed by atoms with E-state index in [2.05, 4.69) is 5.16 Å². The maximum absolute atomic E-state index is 12.6. The van der Waals surface area contributed by atoms with Crippen molar-refractivity contribution in [2.75, 3.05) is 19.7 Å². The molecule has 7 heteroatoms. The molecule has 2 fully saturated rings. The van der Waals surface area contributed by atoms with Crippen molar-refractivity contribution in [3.8, 4) is 0 Å². The second-order valence-corrected chi connectivity index (χ2v) is 6.21. The molecule has 1 amide bonds. The van der Waals surface area contributed by atoms with Gasteiger partial charge in [-0.25, -0.2) is 0 Å². The highest BCUT2D eigenvalue weighted by Gasteiger charge is 2.48. The average molecular weight is 310 g/mol. The minimum Gasteiger partial charge on any atom is -0.390 e. The molecule has 2 saturated heterocycles. The number of aryl methyl sites for hydroxylation is 2. The highest BCUT2D eigenvalue weighted by Crippen LogP contribution is 2.36. The Hall–Kier alpha value is -1.44. The number of piperidine rings is 1. The zero-order valence-corrected chi connectivity index (χ0v) is 12.9. The van der Waals surface area contributed by atoms with Crippen LogP contribution in [0.4, 0.5) is 0 Å². The maximum atomic E-state index is 12.6. The summed E-state index contributed by atoms with van der Waals surface area (Å²) in [5.74, 6) is 0.420. The smallest absolute Gasteiger partial charge is 0.259 e. The van der Waals surface area contributed by atoms with Crippen LogP contribution in [-0.2, 0) is 4.74 Å². The molecule has 3 heterocycles. The molecule has 0 saturated carbocycles. The quantitative estimate of drug-likeness (QED) is 0.780. The Morgan fingerprint density at radius 1 is 1.32 bits per heavy atom. The number of hydrogen-bond donors (Lipinski definition) is 2. The van der Waals surface area contributed by atoms with Crippen LogP contribution < -0.4 is 0 Å². The molecule has 2 aliphatic rings. The molecule has 0 radical (unpaired) electrons. The summed E-state index contributed by atoms with van der Waals surface area (Å²) in [6.45, 7) is 4.87. The van der Waals surface area contributed by atoms with Gasteiger partial charge < -0.3 is 24.4 Å². The lowest BCUT2D eigenvalue weighted by atomic mass is 9.80. The molecule has 7 nitrogen and oxygen atoms in total. The van der Waals surface area contributed by atoms with Gasteiger partial charge in [-0.2, -0.15) is 0 Å². The van der Waals surface area contributed by atoms with Gasteiger partial charge in [0, 0.05) is 13.1 Å². The summed E-state index contributed by atoms with van der Waals surface area (Å²) < 4.78 is 10.8. The molecular weight excluding hydrogens is 288 g/mol. The number of nitrogens with zero attached hydrogens (tertiary/aromatic N) is 2. The predicted molar refractivity (Wildman–Crippen MR) is 76.4 cm³/mol. The molecule has 3 rings (SSSR count). The monoisotopic (exact) mass is 310 g/mol. The topological polar surface area (TPSA) is 96.0 Å². The summed E-state index contributed by atoms with van der Waals surface area (Å²) in [7, 11) is 0. The van der Waals surface area contributed by atoms with E-state index in [4.69, 9.17) is 9.26 Å². The van der Waals surface area contributed by atoms with E-state index in [1.165, 1.54) is 0 Å². The third-order valence-electron chi connectivity index (χ3n) is 4.85. The third kappa shape index (κ3) is 2.43. The van der Waals surface area contributed by atoms with Gasteiger partial charge in [-0.15, -0.1) is 0 Å². The van der Waals surface area contributed by atoms with Gasteiger partial charge in [0.05, 0.1) is 24.0 Å². The molecule has 1 aromatic rings. The second kappa shape index (κ2) is 5.64. The van der Waals surface area contributed by atoms with E-state index in [1.54, 1.807) is 18.7 Å². The van der Waals surface area contributed by atoms with Gasteiger partial charge in [0.25, 0.3) is 5.91 Å². The zero-order chi connectivity index (χ0) is 15.9. The van der Waals surface area contributed by atoms with Crippen molar-refractivity contribution >= 4 is 5.91 Å². The summed E-state index contributed by atoms with van der Waals surface area (Å²) in [5, 5.41) is 23.9. The molecule has 0 aliphatic carbocycles. The number of hydrogen-bond acceptors (Lipinski definition) is 6. The van der Waals surface area contributed by atoms with E-state index >= 15 is 0 Å². The SMILES string of the molecule is Cc1noc(C)c1C(=O)N1CCC2(CC1)OCC[C@H](O)[C@@H]2O. The van der Waals surface area contributed by atoms with Crippen LogP contribution in [0.25, 0.3) is 0 Å². The van der Waals surface area contributed by atoms with Crippen LogP contribution >= 0.6 is 0 Å². The van der Waals surface area contributed by atoms with Crippen molar-refractivity contribution in [2.45, 2.75) is 50.9 Å². The number of rotatable bonds is 1. The first kappa shape index (κ1) is 15.5. The Morgan fingerprint density at radius 2 is 2.00 bits per heavy atom. The van der Waals surface area contributed by atoms with Gasteiger partial charge in [-0.1, -0.05) is 5.16 Å². The van der Waals surface area contributed by atoms with Crippen LogP contribution in [0.15, 0.2) is 4.52 Å². The van der Waals surface area contributed by atoms with Crippen LogP contribution in [0.2, 0.25) is 0 Å². The number of carbonyl (C=O) groups is 1. The lowest BCUT2D eigenvalue weighted by Gasteiger charge is -2.48. The molecule has 0 bridgehead atoms. The van der Waals surface area contributed by atoms with Crippen LogP contribution in [0, 0.1) is 13.8 Å². The first-order valence-electron chi connectivity index (χ1n) is 7.67. The van der Waals surface area contributed by atoms with E-state index in [0.29, 0.717) is 56.0 Å². The van der Waals surface area contributed by atoms with Crippen molar-refractivity contribution in [2.24, 2.45) is 0 Å². The normalized spacial score (nSPS) is 28.1. The summed E-state index contributed by atoms with van der Waals surface area (Å²) >= 11 is 0. The Labute approximate surface area is 128 Å². The largest absolute Gasteiger partial charge is 0.390 e. The fourth-order valence-electron chi connectivity index (χ4n) is 3.45. The second-order valence-electron chi connectivity index (χ2n) is 6.21. The number of aliphatic hydroxyl groups is 2. The first-order chi connectivity index (χ1) is 10.4. The van der Waals surface area contributed by atoms with Gasteiger partial charge in [0.15, 0.2) is 0 Å². The Balaban J connectivity index is 1.70. The molecule has 0 aromatic carbocycles. The molecule has 0 unspecified atom stereocenters. The molecule has 2 aliphatic heterocycles. The Bertz CT molecular complexity index is 543. The number of aliphatic hydroxyl groups excluding tert-OH is 2. The van der Waals surface area contributed by atoms with Crippen LogP contribution in [0.5, 0.6) is 0 Å². The van der Waals surface area contributed by atoms with Gasteiger partial charge in [-0.05, 0) is 33.1 Å². The summed E-state index contributed by atoms with van der Waals surface area (Å²) in [6, 6.07) is 0. The summed E-state index contributed by atoms with van der Waals surface area (Å²) in [5.41, 5.74) is 0.376. The van der Waals surface area contributed by atoms with Crippen molar-refractivity contribution in [3.05, 3.63) is 17.0 Å². The lowest BCUT2D eigenvalue weighted by Crippen LogP contribution is -2.60. The number of ether oxygens (including phenoxy) is 1. The van der Waals surface area contributed by atoms with Crippen molar-refractivity contribution < 1.29 is 24.3 Å². The van der Waals surface area contributed by atoms with Gasteiger partial charge in [-0.3, -0.25) is 4.79 Å². The van der Waals surface area contributed by atoms with Gasteiger partial charge in [0.2, 0.25) is 0 Å². The third-order valence-corrected chi connectivity index (χ3v) is 4.85.